The lowest BCUT2D eigenvalue weighted by Crippen LogP contribution is -2.32. The van der Waals surface area contributed by atoms with Crippen LogP contribution in [0.2, 0.25) is 0 Å². The van der Waals surface area contributed by atoms with E-state index in [4.69, 9.17) is 0 Å². The number of amides is 1. The van der Waals surface area contributed by atoms with Gasteiger partial charge in [0.1, 0.15) is 5.82 Å². The van der Waals surface area contributed by atoms with E-state index in [0.717, 1.165) is 5.69 Å². The number of Topliss-reactive ketones (excluding diaryl/α,β-unsaturated/α-hetero) is 1. The predicted molar refractivity (Wildman–Crippen MR) is 85.2 cm³/mol. The summed E-state index contributed by atoms with van der Waals surface area (Å²) >= 11 is 0. The molecule has 1 heterocycles. The van der Waals surface area contributed by atoms with Crippen molar-refractivity contribution in [2.45, 2.75) is 19.9 Å². The quantitative estimate of drug-likeness (QED) is 0.770. The molecule has 0 unspecified atom stereocenters. The molecule has 0 radical (unpaired) electrons. The molecule has 4 nitrogen and oxygen atoms in total. The second-order valence-electron chi connectivity index (χ2n) is 5.55. The van der Waals surface area contributed by atoms with Crippen molar-refractivity contribution in [2.75, 3.05) is 7.05 Å². The van der Waals surface area contributed by atoms with Gasteiger partial charge in [-0.3, -0.25) is 14.6 Å². The Balaban J connectivity index is 1.95. The van der Waals surface area contributed by atoms with Crippen LogP contribution in [0.3, 0.4) is 0 Å². The minimum atomic E-state index is -0.473. The standard InChI is InChI=1S/C18H19FN2O2/c1-13(10-17(22)14-6-5-7-15(19)11-14)18(23)21(2)12-16-8-3-4-9-20-16/h3-9,11,13H,10,12H2,1-2H3/t13-/m1/s1. The molecule has 0 saturated heterocycles. The Morgan fingerprint density at radius 1 is 1.22 bits per heavy atom. The fraction of sp³-hybridized carbons (Fsp3) is 0.278. The molecule has 0 saturated carbocycles. The highest BCUT2D eigenvalue weighted by Crippen LogP contribution is 2.14. The van der Waals surface area contributed by atoms with Crippen molar-refractivity contribution in [3.05, 3.63) is 65.7 Å². The molecule has 1 aromatic carbocycles. The molecular weight excluding hydrogens is 295 g/mol. The third-order valence-corrected chi connectivity index (χ3v) is 3.56. The van der Waals surface area contributed by atoms with Crippen LogP contribution in [0.4, 0.5) is 4.39 Å². The second-order valence-corrected chi connectivity index (χ2v) is 5.55. The molecule has 120 valence electrons. The van der Waals surface area contributed by atoms with Crippen molar-refractivity contribution in [1.82, 2.24) is 9.88 Å². The summed E-state index contributed by atoms with van der Waals surface area (Å²) < 4.78 is 13.2. The smallest absolute Gasteiger partial charge is 0.225 e. The van der Waals surface area contributed by atoms with Crippen LogP contribution in [-0.2, 0) is 11.3 Å². The highest BCUT2D eigenvalue weighted by Gasteiger charge is 2.21. The zero-order valence-electron chi connectivity index (χ0n) is 13.2. The van der Waals surface area contributed by atoms with Crippen molar-refractivity contribution in [3.63, 3.8) is 0 Å². The van der Waals surface area contributed by atoms with Crippen molar-refractivity contribution in [2.24, 2.45) is 5.92 Å². The molecule has 23 heavy (non-hydrogen) atoms. The normalized spacial score (nSPS) is 11.8. The van der Waals surface area contributed by atoms with Gasteiger partial charge in [-0.1, -0.05) is 25.1 Å². The van der Waals surface area contributed by atoms with E-state index in [0.29, 0.717) is 6.54 Å². The molecular formula is C18H19FN2O2. The van der Waals surface area contributed by atoms with Gasteiger partial charge in [-0.15, -0.1) is 0 Å². The molecule has 0 spiro atoms. The van der Waals surface area contributed by atoms with Gasteiger partial charge < -0.3 is 4.90 Å². The summed E-state index contributed by atoms with van der Waals surface area (Å²) in [5, 5.41) is 0. The summed E-state index contributed by atoms with van der Waals surface area (Å²) in [6, 6.07) is 11.0. The third kappa shape index (κ3) is 4.71. The van der Waals surface area contributed by atoms with Crippen molar-refractivity contribution < 1.29 is 14.0 Å². The van der Waals surface area contributed by atoms with Gasteiger partial charge in [0.05, 0.1) is 12.2 Å². The molecule has 1 amide bonds. The fourth-order valence-electron chi connectivity index (χ4n) is 2.33. The van der Waals surface area contributed by atoms with Gasteiger partial charge in [0.2, 0.25) is 5.91 Å². The highest BCUT2D eigenvalue weighted by atomic mass is 19.1. The predicted octanol–water partition coefficient (Wildman–Crippen LogP) is 3.09. The number of pyridine rings is 1. The monoisotopic (exact) mass is 314 g/mol. The largest absolute Gasteiger partial charge is 0.340 e. The molecule has 0 aliphatic carbocycles. The average Bonchev–Trinajstić information content (AvgIpc) is 2.54. The molecule has 0 fully saturated rings. The molecule has 0 aliphatic rings. The maximum Gasteiger partial charge on any atom is 0.225 e. The molecule has 0 aliphatic heterocycles. The van der Waals surface area contributed by atoms with Crippen molar-refractivity contribution in [3.8, 4) is 0 Å². The van der Waals surface area contributed by atoms with Gasteiger partial charge in [-0.05, 0) is 24.3 Å². The first-order chi connectivity index (χ1) is 11.0. The molecule has 2 rings (SSSR count). The summed E-state index contributed by atoms with van der Waals surface area (Å²) in [7, 11) is 1.68. The van der Waals surface area contributed by atoms with Crippen LogP contribution in [0.1, 0.15) is 29.4 Å². The van der Waals surface area contributed by atoms with E-state index in [1.807, 2.05) is 18.2 Å². The molecule has 5 heteroatoms. The number of ketones is 1. The van der Waals surface area contributed by atoms with Gasteiger partial charge in [0.15, 0.2) is 5.78 Å². The number of benzene rings is 1. The molecule has 0 bridgehead atoms. The number of hydrogen-bond acceptors (Lipinski definition) is 3. The Morgan fingerprint density at radius 3 is 2.65 bits per heavy atom. The van der Waals surface area contributed by atoms with Crippen LogP contribution in [-0.4, -0.2) is 28.6 Å². The number of carbonyl (C=O) groups is 2. The van der Waals surface area contributed by atoms with E-state index in [1.54, 1.807) is 31.1 Å². The van der Waals surface area contributed by atoms with Gasteiger partial charge >= 0.3 is 0 Å². The summed E-state index contributed by atoms with van der Waals surface area (Å²) in [6.07, 6.45) is 1.72. The topological polar surface area (TPSA) is 50.3 Å². The molecule has 1 aromatic heterocycles. The second kappa shape index (κ2) is 7.63. The minimum Gasteiger partial charge on any atom is -0.340 e. The average molecular weight is 314 g/mol. The minimum absolute atomic E-state index is 0.0504. The molecule has 2 aromatic rings. The zero-order chi connectivity index (χ0) is 16.8. The molecule has 0 N–H and O–H groups in total. The first-order valence-corrected chi connectivity index (χ1v) is 7.41. The van der Waals surface area contributed by atoms with Crippen LogP contribution >= 0.6 is 0 Å². The Hall–Kier alpha value is -2.56. The van der Waals surface area contributed by atoms with E-state index in [-0.39, 0.29) is 23.7 Å². The number of rotatable bonds is 6. The molecule has 1 atom stereocenters. The maximum atomic E-state index is 13.2. The van der Waals surface area contributed by atoms with E-state index in [2.05, 4.69) is 4.98 Å². The van der Waals surface area contributed by atoms with E-state index < -0.39 is 11.7 Å². The van der Waals surface area contributed by atoms with Crippen LogP contribution in [0.15, 0.2) is 48.7 Å². The van der Waals surface area contributed by atoms with E-state index in [9.17, 15) is 14.0 Å². The zero-order valence-corrected chi connectivity index (χ0v) is 13.2. The number of carbonyl (C=O) groups excluding carboxylic acids is 2. The number of halogens is 1. The van der Waals surface area contributed by atoms with Gasteiger partial charge in [0, 0.05) is 31.1 Å². The first-order valence-electron chi connectivity index (χ1n) is 7.41. The summed E-state index contributed by atoms with van der Waals surface area (Å²) in [5.41, 5.74) is 1.07. The maximum absolute atomic E-state index is 13.2. The lowest BCUT2D eigenvalue weighted by atomic mass is 9.98. The van der Waals surface area contributed by atoms with Crippen LogP contribution in [0.5, 0.6) is 0 Å². The third-order valence-electron chi connectivity index (χ3n) is 3.56. The Kier molecular flexibility index (Phi) is 5.57. The van der Waals surface area contributed by atoms with Crippen LogP contribution < -0.4 is 0 Å². The Morgan fingerprint density at radius 2 is 2.00 bits per heavy atom. The van der Waals surface area contributed by atoms with Gasteiger partial charge in [-0.2, -0.15) is 0 Å². The van der Waals surface area contributed by atoms with E-state index >= 15 is 0 Å². The van der Waals surface area contributed by atoms with Crippen LogP contribution in [0.25, 0.3) is 0 Å². The number of aromatic nitrogens is 1. The summed E-state index contributed by atoms with van der Waals surface area (Å²) in [4.78, 5) is 30.2. The number of nitrogens with zero attached hydrogens (tertiary/aromatic N) is 2. The highest BCUT2D eigenvalue weighted by molar-refractivity contribution is 5.98. The van der Waals surface area contributed by atoms with Crippen molar-refractivity contribution in [1.29, 1.82) is 0 Å². The van der Waals surface area contributed by atoms with Gasteiger partial charge in [0.25, 0.3) is 0 Å². The SMILES string of the molecule is C[C@H](CC(=O)c1cccc(F)c1)C(=O)N(C)Cc1ccccn1. The summed E-state index contributed by atoms with van der Waals surface area (Å²) in [6.45, 7) is 2.09. The number of hydrogen-bond donors (Lipinski definition) is 0. The lowest BCUT2D eigenvalue weighted by molar-refractivity contribution is -0.134. The summed E-state index contributed by atoms with van der Waals surface area (Å²) in [5.74, 6) is -1.31. The lowest BCUT2D eigenvalue weighted by Gasteiger charge is -2.20. The fourth-order valence-corrected chi connectivity index (χ4v) is 2.33. The Bertz CT molecular complexity index is 688. The van der Waals surface area contributed by atoms with Gasteiger partial charge in [-0.25, -0.2) is 4.39 Å². The Labute approximate surface area is 135 Å². The van der Waals surface area contributed by atoms with Crippen LogP contribution in [0, 0.1) is 11.7 Å². The van der Waals surface area contributed by atoms with Crippen molar-refractivity contribution >= 4 is 11.7 Å². The first kappa shape index (κ1) is 16.8. The van der Waals surface area contributed by atoms with E-state index in [1.165, 1.54) is 18.2 Å².